The summed E-state index contributed by atoms with van der Waals surface area (Å²) in [4.78, 5) is 13.0. The third-order valence-electron chi connectivity index (χ3n) is 4.09. The van der Waals surface area contributed by atoms with Crippen LogP contribution in [0.15, 0.2) is 60.1 Å². The van der Waals surface area contributed by atoms with Crippen LogP contribution in [0.3, 0.4) is 0 Å². The number of nitrogens with two attached hydrogens (primary N) is 1. The van der Waals surface area contributed by atoms with E-state index in [-0.39, 0.29) is 5.75 Å². The Labute approximate surface area is 160 Å². The number of hydrogen-bond acceptors (Lipinski definition) is 7. The first kappa shape index (κ1) is 17.0. The highest BCUT2D eigenvalue weighted by Crippen LogP contribution is 2.31. The van der Waals surface area contributed by atoms with Crippen molar-refractivity contribution in [2.45, 2.75) is 6.92 Å². The molecular weight excluding hydrogens is 358 g/mol. The minimum Gasteiger partial charge on any atom is -0.508 e. The molecule has 0 aliphatic rings. The molecule has 0 aliphatic heterocycles. The smallest absolute Gasteiger partial charge is 0.187 e. The fourth-order valence-corrected chi connectivity index (χ4v) is 3.34. The highest BCUT2D eigenvalue weighted by molar-refractivity contribution is 7.14. The van der Waals surface area contributed by atoms with E-state index in [4.69, 9.17) is 5.73 Å². The zero-order chi connectivity index (χ0) is 18.8. The minimum absolute atomic E-state index is 0.253. The molecule has 7 heteroatoms. The van der Waals surface area contributed by atoms with Crippen molar-refractivity contribution in [3.8, 4) is 28.4 Å². The number of nitrogens with zero attached hydrogens (tertiary/aromatic N) is 3. The lowest BCUT2D eigenvalue weighted by molar-refractivity contribution is 0.475. The number of phenolic OH excluding ortho intramolecular Hbond substituents is 1. The van der Waals surface area contributed by atoms with Gasteiger partial charge in [0.2, 0.25) is 0 Å². The Morgan fingerprint density at radius 2 is 1.78 bits per heavy atom. The van der Waals surface area contributed by atoms with Crippen LogP contribution in [-0.2, 0) is 0 Å². The molecule has 0 atom stereocenters. The number of aryl methyl sites for hydroxylation is 1. The van der Waals surface area contributed by atoms with E-state index >= 15 is 0 Å². The van der Waals surface area contributed by atoms with Crippen LogP contribution in [0.25, 0.3) is 22.6 Å². The van der Waals surface area contributed by atoms with Gasteiger partial charge in [-0.05, 0) is 47.9 Å². The quantitative estimate of drug-likeness (QED) is 0.482. The van der Waals surface area contributed by atoms with Crippen molar-refractivity contribution in [1.29, 1.82) is 0 Å². The Balaban J connectivity index is 1.61. The van der Waals surface area contributed by atoms with Crippen LogP contribution in [0.1, 0.15) is 5.56 Å². The average Bonchev–Trinajstić information content (AvgIpc) is 3.13. The van der Waals surface area contributed by atoms with Gasteiger partial charge in [-0.3, -0.25) is 0 Å². The molecule has 27 heavy (non-hydrogen) atoms. The molecule has 6 nitrogen and oxygen atoms in total. The Kier molecular flexibility index (Phi) is 4.43. The second-order valence-electron chi connectivity index (χ2n) is 6.04. The summed E-state index contributed by atoms with van der Waals surface area (Å²) in [5.74, 6) is 1.18. The van der Waals surface area contributed by atoms with Gasteiger partial charge in [-0.15, -0.1) is 11.3 Å². The molecule has 0 amide bonds. The number of aromatic hydroxyl groups is 1. The summed E-state index contributed by atoms with van der Waals surface area (Å²) in [6, 6.07) is 15.0. The van der Waals surface area contributed by atoms with Crippen molar-refractivity contribution in [3.05, 3.63) is 65.7 Å². The van der Waals surface area contributed by atoms with Gasteiger partial charge in [-0.1, -0.05) is 24.3 Å². The molecule has 0 saturated carbocycles. The van der Waals surface area contributed by atoms with Crippen LogP contribution in [0.2, 0.25) is 0 Å². The molecule has 134 valence electrons. The second-order valence-corrected chi connectivity index (χ2v) is 6.90. The maximum Gasteiger partial charge on any atom is 0.187 e. The number of nitrogen functional groups attached to an aromatic ring is 1. The second kappa shape index (κ2) is 7.05. The van der Waals surface area contributed by atoms with E-state index in [1.165, 1.54) is 11.3 Å². The third-order valence-corrected chi connectivity index (χ3v) is 4.85. The Bertz CT molecular complexity index is 1090. The molecule has 0 spiro atoms. The van der Waals surface area contributed by atoms with Crippen molar-refractivity contribution in [1.82, 2.24) is 15.0 Å². The van der Waals surface area contributed by atoms with Gasteiger partial charge in [0.15, 0.2) is 11.0 Å². The monoisotopic (exact) mass is 375 g/mol. The minimum atomic E-state index is 0.253. The number of nitrogens with one attached hydrogen (secondary N) is 1. The number of phenols is 1. The van der Waals surface area contributed by atoms with Gasteiger partial charge in [0.05, 0.1) is 0 Å². The zero-order valence-corrected chi connectivity index (χ0v) is 15.4. The first-order valence-electron chi connectivity index (χ1n) is 8.30. The van der Waals surface area contributed by atoms with Crippen molar-refractivity contribution in [3.63, 3.8) is 0 Å². The fourth-order valence-electron chi connectivity index (χ4n) is 2.64. The summed E-state index contributed by atoms with van der Waals surface area (Å²) in [7, 11) is 0. The van der Waals surface area contributed by atoms with Crippen molar-refractivity contribution in [2.75, 3.05) is 11.1 Å². The highest BCUT2D eigenvalue weighted by atomic mass is 32.1. The van der Waals surface area contributed by atoms with E-state index in [2.05, 4.69) is 38.5 Å². The number of anilines is 3. The number of aromatic nitrogens is 3. The number of hydrogen-bond donors (Lipinski definition) is 3. The van der Waals surface area contributed by atoms with Crippen LogP contribution >= 0.6 is 11.3 Å². The molecule has 0 unspecified atom stereocenters. The summed E-state index contributed by atoms with van der Waals surface area (Å²) in [6.45, 7) is 2.04. The molecule has 4 N–H and O–H groups in total. The normalized spacial score (nSPS) is 10.7. The predicted molar refractivity (Wildman–Crippen MR) is 109 cm³/mol. The predicted octanol–water partition coefficient (Wildman–Crippen LogP) is 4.61. The van der Waals surface area contributed by atoms with Gasteiger partial charge in [-0.2, -0.15) is 0 Å². The lowest BCUT2D eigenvalue weighted by Crippen LogP contribution is -1.96. The van der Waals surface area contributed by atoms with Crippen LogP contribution < -0.4 is 11.1 Å². The highest BCUT2D eigenvalue weighted by Gasteiger charge is 2.10. The lowest BCUT2D eigenvalue weighted by Gasteiger charge is -2.10. The van der Waals surface area contributed by atoms with Crippen molar-refractivity contribution in [2.24, 2.45) is 0 Å². The van der Waals surface area contributed by atoms with Gasteiger partial charge in [0.25, 0.3) is 0 Å². The molecule has 0 bridgehead atoms. The van der Waals surface area contributed by atoms with E-state index in [1.807, 2.05) is 24.4 Å². The maximum atomic E-state index is 9.47. The molecule has 2 aromatic carbocycles. The van der Waals surface area contributed by atoms with Crippen LogP contribution in [0.4, 0.5) is 16.6 Å². The summed E-state index contributed by atoms with van der Waals surface area (Å²) in [6.07, 6.45) is 1.62. The van der Waals surface area contributed by atoms with Crippen LogP contribution in [-0.4, -0.2) is 20.1 Å². The van der Waals surface area contributed by atoms with Crippen LogP contribution in [0, 0.1) is 6.92 Å². The van der Waals surface area contributed by atoms with E-state index in [9.17, 15) is 5.11 Å². The Hall–Kier alpha value is -3.45. The Morgan fingerprint density at radius 1 is 1.00 bits per heavy atom. The van der Waals surface area contributed by atoms with Crippen molar-refractivity contribution < 1.29 is 5.11 Å². The number of rotatable bonds is 4. The van der Waals surface area contributed by atoms with E-state index in [1.54, 1.807) is 24.4 Å². The van der Waals surface area contributed by atoms with Gasteiger partial charge >= 0.3 is 0 Å². The van der Waals surface area contributed by atoms with Gasteiger partial charge < -0.3 is 16.2 Å². The molecule has 2 heterocycles. The SMILES string of the molecule is Cc1ccc(-c2ccc(O)cc2)cc1Nc1nc(-c2nccc(N)n2)cs1. The molecule has 0 saturated heterocycles. The maximum absolute atomic E-state index is 9.47. The van der Waals surface area contributed by atoms with Gasteiger partial charge in [0, 0.05) is 17.3 Å². The van der Waals surface area contributed by atoms with Gasteiger partial charge in [-0.25, -0.2) is 15.0 Å². The molecule has 4 aromatic rings. The van der Waals surface area contributed by atoms with E-state index < -0.39 is 0 Å². The molecule has 4 rings (SSSR count). The first-order chi connectivity index (χ1) is 13.1. The molecular formula is C20H17N5OS. The largest absolute Gasteiger partial charge is 0.508 e. The lowest BCUT2D eigenvalue weighted by atomic mass is 10.0. The zero-order valence-electron chi connectivity index (χ0n) is 14.5. The summed E-state index contributed by atoms with van der Waals surface area (Å²) < 4.78 is 0. The average molecular weight is 375 g/mol. The number of thiazole rings is 1. The molecule has 0 radical (unpaired) electrons. The summed E-state index contributed by atoms with van der Waals surface area (Å²) in [5.41, 5.74) is 10.6. The van der Waals surface area contributed by atoms with E-state index in [0.717, 1.165) is 27.5 Å². The van der Waals surface area contributed by atoms with E-state index in [0.29, 0.717) is 17.3 Å². The van der Waals surface area contributed by atoms with Crippen LogP contribution in [0.5, 0.6) is 5.75 Å². The summed E-state index contributed by atoms with van der Waals surface area (Å²) in [5, 5.41) is 15.5. The summed E-state index contributed by atoms with van der Waals surface area (Å²) >= 11 is 1.48. The number of benzene rings is 2. The topological polar surface area (TPSA) is 97.0 Å². The molecule has 0 fully saturated rings. The first-order valence-corrected chi connectivity index (χ1v) is 9.18. The standard InChI is InChI=1S/C20H17N5OS/c1-12-2-3-14(13-4-6-15(26)7-5-13)10-16(12)23-20-24-17(11-27-20)19-22-9-8-18(21)25-19/h2-11,26H,1H3,(H,23,24)(H2,21,22,25). The third kappa shape index (κ3) is 3.73. The Morgan fingerprint density at radius 3 is 2.56 bits per heavy atom. The molecule has 0 aliphatic carbocycles. The fraction of sp³-hybridized carbons (Fsp3) is 0.0500. The molecule has 2 aromatic heterocycles. The van der Waals surface area contributed by atoms with Crippen molar-refractivity contribution >= 4 is 28.0 Å². The van der Waals surface area contributed by atoms with Gasteiger partial charge in [0.1, 0.15) is 17.3 Å².